The van der Waals surface area contributed by atoms with Crippen LogP contribution in [0.3, 0.4) is 0 Å². The van der Waals surface area contributed by atoms with Crippen LogP contribution >= 0.6 is 0 Å². The number of rotatable bonds is 9. The summed E-state index contributed by atoms with van der Waals surface area (Å²) in [5.74, 6) is -1.15. The highest BCUT2D eigenvalue weighted by Gasteiger charge is 2.20. The van der Waals surface area contributed by atoms with E-state index < -0.39 is 11.9 Å². The summed E-state index contributed by atoms with van der Waals surface area (Å²) in [6.45, 7) is 6.33. The number of carboxylic acid groups (broad SMARTS) is 1. The molecule has 1 unspecified atom stereocenters. The van der Waals surface area contributed by atoms with E-state index in [1.54, 1.807) is 0 Å². The zero-order valence-electron chi connectivity index (χ0n) is 19.3. The molecule has 2 aromatic heterocycles. The minimum Gasteiger partial charge on any atom is -0.481 e. The second-order valence-corrected chi connectivity index (χ2v) is 8.85. The molecule has 0 amide bonds. The first-order valence-electron chi connectivity index (χ1n) is 11.7. The average molecular weight is 429 g/mol. The molecule has 0 aliphatic heterocycles. The van der Waals surface area contributed by atoms with Gasteiger partial charge in [-0.15, -0.1) is 0 Å². The van der Waals surface area contributed by atoms with E-state index in [1.807, 2.05) is 19.1 Å². The van der Waals surface area contributed by atoms with Gasteiger partial charge in [0.1, 0.15) is 5.65 Å². The van der Waals surface area contributed by atoms with Crippen molar-refractivity contribution < 1.29 is 9.90 Å². The van der Waals surface area contributed by atoms with E-state index in [1.165, 1.54) is 27.7 Å². The normalized spacial score (nSPS) is 12.5. The number of benzene rings is 2. The Morgan fingerprint density at radius 2 is 1.78 bits per heavy atom. The van der Waals surface area contributed by atoms with Crippen molar-refractivity contribution >= 4 is 22.5 Å². The van der Waals surface area contributed by atoms with Crippen molar-refractivity contribution in [1.82, 2.24) is 9.38 Å². The van der Waals surface area contributed by atoms with Crippen molar-refractivity contribution in [1.29, 1.82) is 0 Å². The first-order chi connectivity index (χ1) is 15.5. The SMILES string of the molecule is CCCCCCC(C(=O)O)c1ccc(Cc2c3ccccc3n3c(C)cc(C)nc23)cc1. The summed E-state index contributed by atoms with van der Waals surface area (Å²) in [4.78, 5) is 16.7. The second-order valence-electron chi connectivity index (χ2n) is 8.85. The third kappa shape index (κ3) is 4.40. The lowest BCUT2D eigenvalue weighted by molar-refractivity contribution is -0.139. The van der Waals surface area contributed by atoms with Crippen LogP contribution in [0.1, 0.15) is 73.0 Å². The minimum atomic E-state index is -0.728. The van der Waals surface area contributed by atoms with Crippen molar-refractivity contribution in [3.05, 3.63) is 82.7 Å². The first-order valence-corrected chi connectivity index (χ1v) is 11.7. The number of unbranched alkanes of at least 4 members (excludes halogenated alkanes) is 3. The molecule has 0 aliphatic carbocycles. The lowest BCUT2D eigenvalue weighted by Crippen LogP contribution is -2.11. The zero-order chi connectivity index (χ0) is 22.7. The van der Waals surface area contributed by atoms with Crippen molar-refractivity contribution in [3.8, 4) is 0 Å². The zero-order valence-corrected chi connectivity index (χ0v) is 19.3. The van der Waals surface area contributed by atoms with Crippen LogP contribution in [0.2, 0.25) is 0 Å². The monoisotopic (exact) mass is 428 g/mol. The number of hydrogen-bond acceptors (Lipinski definition) is 2. The quantitative estimate of drug-likeness (QED) is 0.297. The number of carbonyl (C=O) groups is 1. The van der Waals surface area contributed by atoms with E-state index in [9.17, 15) is 9.90 Å². The van der Waals surface area contributed by atoms with Gasteiger partial charge in [0, 0.05) is 28.8 Å². The highest BCUT2D eigenvalue weighted by Crippen LogP contribution is 2.30. The Balaban J connectivity index is 1.64. The minimum absolute atomic E-state index is 0.427. The molecule has 2 heterocycles. The Labute approximate surface area is 189 Å². The van der Waals surface area contributed by atoms with Crippen LogP contribution in [0.15, 0.2) is 54.6 Å². The molecule has 2 aromatic carbocycles. The van der Waals surface area contributed by atoms with Gasteiger partial charge in [0.2, 0.25) is 0 Å². The molecule has 0 saturated carbocycles. The molecule has 0 aliphatic rings. The van der Waals surface area contributed by atoms with E-state index in [2.05, 4.69) is 60.7 Å². The van der Waals surface area contributed by atoms with Gasteiger partial charge in [0.15, 0.2) is 0 Å². The van der Waals surface area contributed by atoms with Crippen molar-refractivity contribution in [2.45, 2.75) is 65.2 Å². The van der Waals surface area contributed by atoms with Gasteiger partial charge in [-0.25, -0.2) is 4.98 Å². The molecule has 0 bridgehead atoms. The van der Waals surface area contributed by atoms with Gasteiger partial charge in [-0.1, -0.05) is 75.1 Å². The summed E-state index contributed by atoms with van der Waals surface area (Å²) in [6.07, 6.45) is 5.84. The van der Waals surface area contributed by atoms with E-state index in [0.717, 1.165) is 49.0 Å². The van der Waals surface area contributed by atoms with Crippen LogP contribution in [0.4, 0.5) is 0 Å². The number of aliphatic carboxylic acids is 1. The van der Waals surface area contributed by atoms with Gasteiger partial charge in [-0.2, -0.15) is 0 Å². The van der Waals surface area contributed by atoms with Crippen molar-refractivity contribution in [3.63, 3.8) is 0 Å². The molecule has 4 heteroatoms. The second kappa shape index (κ2) is 9.56. The lowest BCUT2D eigenvalue weighted by atomic mass is 9.91. The number of aromatic nitrogens is 2. The van der Waals surface area contributed by atoms with E-state index in [-0.39, 0.29) is 0 Å². The predicted octanol–water partition coefficient (Wildman–Crippen LogP) is 6.83. The van der Waals surface area contributed by atoms with Crippen LogP contribution in [0.25, 0.3) is 16.6 Å². The fraction of sp³-hybridized carbons (Fsp3) is 0.357. The fourth-order valence-electron chi connectivity index (χ4n) is 4.79. The van der Waals surface area contributed by atoms with Gasteiger partial charge in [0.05, 0.1) is 11.4 Å². The summed E-state index contributed by atoms with van der Waals surface area (Å²) in [5.41, 5.74) is 7.66. The highest BCUT2D eigenvalue weighted by molar-refractivity contribution is 5.91. The van der Waals surface area contributed by atoms with Crippen LogP contribution in [-0.2, 0) is 11.2 Å². The lowest BCUT2D eigenvalue weighted by Gasteiger charge is -2.13. The van der Waals surface area contributed by atoms with Gasteiger partial charge >= 0.3 is 5.97 Å². The molecular weight excluding hydrogens is 396 g/mol. The summed E-state index contributed by atoms with van der Waals surface area (Å²) in [6, 6.07) is 18.7. The molecular formula is C28H32N2O2. The first kappa shape index (κ1) is 22.1. The largest absolute Gasteiger partial charge is 0.481 e. The molecule has 0 saturated heterocycles. The average Bonchev–Trinajstić information content (AvgIpc) is 3.08. The highest BCUT2D eigenvalue weighted by atomic mass is 16.4. The van der Waals surface area contributed by atoms with Gasteiger partial charge in [0.25, 0.3) is 0 Å². The fourth-order valence-corrected chi connectivity index (χ4v) is 4.79. The van der Waals surface area contributed by atoms with E-state index in [4.69, 9.17) is 4.98 Å². The Morgan fingerprint density at radius 3 is 2.50 bits per heavy atom. The standard InChI is InChI=1S/C28H32N2O2/c1-4-5-6-7-10-23(28(31)32)22-15-13-21(14-16-22)18-25-24-11-8-9-12-26(24)30-20(3)17-19(2)29-27(25)30/h8-9,11-17,23H,4-7,10,18H2,1-3H3,(H,31,32). The molecule has 166 valence electrons. The maximum absolute atomic E-state index is 11.9. The third-order valence-corrected chi connectivity index (χ3v) is 6.41. The number of carboxylic acids is 1. The van der Waals surface area contributed by atoms with Crippen LogP contribution in [-0.4, -0.2) is 20.5 Å². The molecule has 4 rings (SSSR count). The maximum Gasteiger partial charge on any atom is 0.310 e. The Kier molecular flexibility index (Phi) is 6.59. The predicted molar refractivity (Wildman–Crippen MR) is 131 cm³/mol. The number of nitrogens with zero attached hydrogens (tertiary/aromatic N) is 2. The number of hydrogen-bond donors (Lipinski definition) is 1. The summed E-state index contributed by atoms with van der Waals surface area (Å²) in [5, 5.41) is 11.0. The van der Waals surface area contributed by atoms with Crippen molar-refractivity contribution in [2.24, 2.45) is 0 Å². The molecule has 32 heavy (non-hydrogen) atoms. The number of para-hydroxylation sites is 1. The molecule has 4 nitrogen and oxygen atoms in total. The topological polar surface area (TPSA) is 54.6 Å². The molecule has 4 aromatic rings. The number of aryl methyl sites for hydroxylation is 2. The summed E-state index contributed by atoms with van der Waals surface area (Å²) < 4.78 is 2.24. The van der Waals surface area contributed by atoms with Gasteiger partial charge in [-0.05, 0) is 43.5 Å². The molecule has 1 N–H and O–H groups in total. The van der Waals surface area contributed by atoms with Gasteiger partial charge in [-0.3, -0.25) is 9.20 Å². The van der Waals surface area contributed by atoms with Gasteiger partial charge < -0.3 is 5.11 Å². The van der Waals surface area contributed by atoms with E-state index in [0.29, 0.717) is 6.42 Å². The van der Waals surface area contributed by atoms with Crippen molar-refractivity contribution in [2.75, 3.05) is 0 Å². The number of fused-ring (bicyclic) bond motifs is 3. The molecule has 1 atom stereocenters. The Bertz CT molecular complexity index is 1240. The summed E-state index contributed by atoms with van der Waals surface area (Å²) in [7, 11) is 0. The van der Waals surface area contributed by atoms with E-state index >= 15 is 0 Å². The van der Waals surface area contributed by atoms with Crippen LogP contribution < -0.4 is 0 Å². The van der Waals surface area contributed by atoms with Crippen LogP contribution in [0.5, 0.6) is 0 Å². The molecule has 0 fully saturated rings. The maximum atomic E-state index is 11.9. The molecule has 0 radical (unpaired) electrons. The Morgan fingerprint density at radius 1 is 1.03 bits per heavy atom. The van der Waals surface area contributed by atoms with Crippen LogP contribution in [0, 0.1) is 13.8 Å². The molecule has 0 spiro atoms. The Hall–Kier alpha value is -3.14. The summed E-state index contributed by atoms with van der Waals surface area (Å²) >= 11 is 0. The third-order valence-electron chi connectivity index (χ3n) is 6.41. The smallest absolute Gasteiger partial charge is 0.310 e.